The van der Waals surface area contributed by atoms with Crippen LogP contribution in [0.25, 0.3) is 0 Å². The first-order valence-electron chi connectivity index (χ1n) is 9.03. The van der Waals surface area contributed by atoms with Crippen molar-refractivity contribution >= 4 is 17.5 Å². The molecule has 2 aliphatic heterocycles. The fraction of sp³-hybridized carbons (Fsp3) is 0.632. The zero-order valence-corrected chi connectivity index (χ0v) is 14.9. The second-order valence-electron chi connectivity index (χ2n) is 7.00. The van der Waals surface area contributed by atoms with Gasteiger partial charge < -0.3 is 10.1 Å². The van der Waals surface area contributed by atoms with Gasteiger partial charge in [0.05, 0.1) is 0 Å². The predicted molar refractivity (Wildman–Crippen MR) is 96.1 cm³/mol. The van der Waals surface area contributed by atoms with E-state index in [1.165, 1.54) is 5.56 Å². The van der Waals surface area contributed by atoms with Gasteiger partial charge in [0.1, 0.15) is 0 Å². The number of ether oxygens (including phenoxy) is 1. The minimum absolute atomic E-state index is 0.190. The van der Waals surface area contributed by atoms with Crippen molar-refractivity contribution in [1.29, 1.82) is 0 Å². The maximum Gasteiger partial charge on any atom is 0.220 e. The highest BCUT2D eigenvalue weighted by molar-refractivity contribution is 6.31. The molecule has 0 aliphatic carbocycles. The Bertz CT molecular complexity index is 538. The van der Waals surface area contributed by atoms with E-state index in [0.29, 0.717) is 18.4 Å². The van der Waals surface area contributed by atoms with Crippen LogP contribution < -0.4 is 5.32 Å². The summed E-state index contributed by atoms with van der Waals surface area (Å²) in [6, 6.07) is 8.33. The lowest BCUT2D eigenvalue weighted by molar-refractivity contribution is -0.124. The van der Waals surface area contributed by atoms with Crippen molar-refractivity contribution < 1.29 is 9.53 Å². The van der Waals surface area contributed by atoms with Gasteiger partial charge in [-0.3, -0.25) is 9.69 Å². The lowest BCUT2D eigenvalue weighted by atomic mass is 9.97. The van der Waals surface area contributed by atoms with Crippen LogP contribution in [0.1, 0.15) is 37.7 Å². The number of hydrogen-bond acceptors (Lipinski definition) is 3. The van der Waals surface area contributed by atoms with E-state index in [1.807, 2.05) is 18.2 Å². The molecule has 3 rings (SSSR count). The molecular formula is C19H27ClN2O2. The van der Waals surface area contributed by atoms with Crippen molar-refractivity contribution in [1.82, 2.24) is 10.2 Å². The van der Waals surface area contributed by atoms with E-state index in [2.05, 4.69) is 16.3 Å². The standard InChI is InChI=1S/C19H27ClN2O2/c20-18-6-2-1-5-16(18)13-22-9-7-17(8-10-22)21-19(23)12-15-4-3-11-24-14-15/h1-2,5-6,15,17H,3-4,7-14H2,(H,21,23). The maximum absolute atomic E-state index is 12.2. The highest BCUT2D eigenvalue weighted by Crippen LogP contribution is 2.21. The number of hydrogen-bond donors (Lipinski definition) is 1. The van der Waals surface area contributed by atoms with E-state index >= 15 is 0 Å². The largest absolute Gasteiger partial charge is 0.381 e. The molecule has 4 nitrogen and oxygen atoms in total. The summed E-state index contributed by atoms with van der Waals surface area (Å²) in [5.41, 5.74) is 1.18. The lowest BCUT2D eigenvalue weighted by Gasteiger charge is -2.33. The Hall–Kier alpha value is -1.10. The molecule has 0 spiro atoms. The second-order valence-corrected chi connectivity index (χ2v) is 7.40. The molecule has 5 heteroatoms. The fourth-order valence-corrected chi connectivity index (χ4v) is 3.82. The molecule has 0 aromatic heterocycles. The van der Waals surface area contributed by atoms with E-state index in [4.69, 9.17) is 16.3 Å². The van der Waals surface area contributed by atoms with E-state index in [1.54, 1.807) is 0 Å². The first kappa shape index (κ1) is 17.7. The molecule has 0 saturated carbocycles. The summed E-state index contributed by atoms with van der Waals surface area (Å²) in [6.07, 6.45) is 4.83. The minimum Gasteiger partial charge on any atom is -0.381 e. The van der Waals surface area contributed by atoms with Crippen molar-refractivity contribution in [2.24, 2.45) is 5.92 Å². The van der Waals surface area contributed by atoms with Gasteiger partial charge in [-0.25, -0.2) is 0 Å². The first-order valence-corrected chi connectivity index (χ1v) is 9.41. The molecule has 2 fully saturated rings. The third-order valence-electron chi connectivity index (χ3n) is 5.03. The summed E-state index contributed by atoms with van der Waals surface area (Å²) >= 11 is 6.24. The Kier molecular flexibility index (Phi) is 6.52. The Labute approximate surface area is 149 Å². The molecule has 24 heavy (non-hydrogen) atoms. The SMILES string of the molecule is O=C(CC1CCCOC1)NC1CCN(Cc2ccccc2Cl)CC1. The Balaban J connectivity index is 1.38. The second kappa shape index (κ2) is 8.84. The van der Waals surface area contributed by atoms with Crippen LogP contribution in [0, 0.1) is 5.92 Å². The monoisotopic (exact) mass is 350 g/mol. The Morgan fingerprint density at radius 3 is 2.75 bits per heavy atom. The van der Waals surface area contributed by atoms with Crippen LogP contribution in [0.5, 0.6) is 0 Å². The van der Waals surface area contributed by atoms with Crippen molar-refractivity contribution in [3.05, 3.63) is 34.9 Å². The number of rotatable bonds is 5. The average molecular weight is 351 g/mol. The van der Waals surface area contributed by atoms with Gasteiger partial charge >= 0.3 is 0 Å². The van der Waals surface area contributed by atoms with Crippen LogP contribution in [0.15, 0.2) is 24.3 Å². The fourth-order valence-electron chi connectivity index (χ4n) is 3.62. The van der Waals surface area contributed by atoms with Crippen LogP contribution in [-0.4, -0.2) is 43.2 Å². The van der Waals surface area contributed by atoms with Gasteiger partial charge in [-0.05, 0) is 43.2 Å². The molecule has 1 aromatic rings. The Morgan fingerprint density at radius 2 is 2.04 bits per heavy atom. The molecule has 0 bridgehead atoms. The highest BCUT2D eigenvalue weighted by atomic mass is 35.5. The van der Waals surface area contributed by atoms with Gasteiger partial charge in [0.2, 0.25) is 5.91 Å². The number of halogens is 1. The molecule has 2 heterocycles. The molecule has 1 amide bonds. The van der Waals surface area contributed by atoms with Crippen LogP contribution in [-0.2, 0) is 16.1 Å². The summed E-state index contributed by atoms with van der Waals surface area (Å²) < 4.78 is 5.46. The number of benzene rings is 1. The smallest absolute Gasteiger partial charge is 0.220 e. The van der Waals surface area contributed by atoms with Gasteiger partial charge in [0, 0.05) is 50.3 Å². The van der Waals surface area contributed by atoms with Crippen LogP contribution >= 0.6 is 11.6 Å². The van der Waals surface area contributed by atoms with Crippen LogP contribution in [0.2, 0.25) is 5.02 Å². The van der Waals surface area contributed by atoms with E-state index in [9.17, 15) is 4.79 Å². The summed E-state index contributed by atoms with van der Waals surface area (Å²) in [4.78, 5) is 14.6. The number of nitrogens with one attached hydrogen (secondary N) is 1. The highest BCUT2D eigenvalue weighted by Gasteiger charge is 2.23. The maximum atomic E-state index is 12.2. The van der Waals surface area contributed by atoms with Gasteiger partial charge in [0.25, 0.3) is 0 Å². The number of carbonyl (C=O) groups excluding carboxylic acids is 1. The van der Waals surface area contributed by atoms with Crippen LogP contribution in [0.3, 0.4) is 0 Å². The molecule has 1 atom stereocenters. The lowest BCUT2D eigenvalue weighted by Crippen LogP contribution is -2.45. The summed E-state index contributed by atoms with van der Waals surface area (Å²) in [7, 11) is 0. The van der Waals surface area contributed by atoms with Gasteiger partial charge in [-0.2, -0.15) is 0 Å². The first-order chi connectivity index (χ1) is 11.7. The van der Waals surface area contributed by atoms with Crippen molar-refractivity contribution in [2.45, 2.75) is 44.7 Å². The van der Waals surface area contributed by atoms with E-state index in [0.717, 1.165) is 63.6 Å². The summed E-state index contributed by atoms with van der Waals surface area (Å²) in [5, 5.41) is 4.05. The zero-order chi connectivity index (χ0) is 16.8. The minimum atomic E-state index is 0.190. The van der Waals surface area contributed by atoms with E-state index < -0.39 is 0 Å². The van der Waals surface area contributed by atoms with Crippen molar-refractivity contribution in [2.75, 3.05) is 26.3 Å². The van der Waals surface area contributed by atoms with Crippen molar-refractivity contribution in [3.63, 3.8) is 0 Å². The molecule has 2 aliphatic rings. The number of likely N-dealkylation sites (tertiary alicyclic amines) is 1. The molecule has 1 unspecified atom stereocenters. The average Bonchev–Trinajstić information content (AvgIpc) is 2.59. The summed E-state index contributed by atoms with van der Waals surface area (Å²) in [5.74, 6) is 0.592. The third-order valence-corrected chi connectivity index (χ3v) is 5.40. The topological polar surface area (TPSA) is 41.6 Å². The number of amides is 1. The van der Waals surface area contributed by atoms with E-state index in [-0.39, 0.29) is 5.91 Å². The van der Waals surface area contributed by atoms with Crippen LogP contribution in [0.4, 0.5) is 0 Å². The predicted octanol–water partition coefficient (Wildman–Crippen LogP) is 3.24. The van der Waals surface area contributed by atoms with Crippen molar-refractivity contribution in [3.8, 4) is 0 Å². The van der Waals surface area contributed by atoms with Gasteiger partial charge in [0.15, 0.2) is 0 Å². The van der Waals surface area contributed by atoms with Gasteiger partial charge in [-0.1, -0.05) is 29.8 Å². The molecule has 132 valence electrons. The Morgan fingerprint density at radius 1 is 1.25 bits per heavy atom. The molecule has 2 saturated heterocycles. The quantitative estimate of drug-likeness (QED) is 0.886. The molecule has 1 N–H and O–H groups in total. The zero-order valence-electron chi connectivity index (χ0n) is 14.2. The summed E-state index contributed by atoms with van der Waals surface area (Å²) in [6.45, 7) is 4.48. The normalized spacial score (nSPS) is 23.1. The molecular weight excluding hydrogens is 324 g/mol. The molecule has 1 aromatic carbocycles. The number of carbonyl (C=O) groups is 1. The number of nitrogens with zero attached hydrogens (tertiary/aromatic N) is 1. The third kappa shape index (κ3) is 5.20. The van der Waals surface area contributed by atoms with Gasteiger partial charge in [-0.15, -0.1) is 0 Å². The number of piperidine rings is 1. The molecule has 0 radical (unpaired) electrons.